The average molecular weight is 297 g/mol. The van der Waals surface area contributed by atoms with E-state index < -0.39 is 5.97 Å². The van der Waals surface area contributed by atoms with E-state index in [4.69, 9.17) is 5.11 Å². The topological polar surface area (TPSA) is 82.5 Å². The first-order valence-corrected chi connectivity index (χ1v) is 7.58. The summed E-state index contributed by atoms with van der Waals surface area (Å²) in [6.45, 7) is 4.75. The lowest BCUT2D eigenvalue weighted by Crippen LogP contribution is -2.41. The third-order valence-corrected chi connectivity index (χ3v) is 4.28. The lowest BCUT2D eigenvalue weighted by molar-refractivity contribution is 0.0701. The highest BCUT2D eigenvalue weighted by Crippen LogP contribution is 2.27. The number of nitrogens with one attached hydrogen (secondary N) is 1. The van der Waals surface area contributed by atoms with Gasteiger partial charge in [-0.05, 0) is 26.2 Å². The number of carboxylic acids is 1. The molecular formula is C13H19N3O3S. The number of carboxylic acid groups (broad SMARTS) is 1. The summed E-state index contributed by atoms with van der Waals surface area (Å²) in [5.74, 6) is -0.969. The number of hydrogen-bond donors (Lipinski definition) is 2. The van der Waals surface area contributed by atoms with Crippen molar-refractivity contribution in [3.05, 3.63) is 15.6 Å². The number of hydrogen-bond acceptors (Lipinski definition) is 4. The van der Waals surface area contributed by atoms with Crippen LogP contribution in [-0.4, -0.2) is 39.6 Å². The van der Waals surface area contributed by atoms with E-state index in [0.29, 0.717) is 16.7 Å². The number of carbonyl (C=O) groups is 2. The van der Waals surface area contributed by atoms with Crippen LogP contribution >= 0.6 is 11.3 Å². The summed E-state index contributed by atoms with van der Waals surface area (Å²) in [6, 6.07) is 0.293. The zero-order chi connectivity index (χ0) is 14.7. The third-order valence-electron chi connectivity index (χ3n) is 3.14. The Hall–Kier alpha value is -1.63. The first-order chi connectivity index (χ1) is 9.52. The van der Waals surface area contributed by atoms with Crippen molar-refractivity contribution in [1.82, 2.24) is 15.2 Å². The summed E-state index contributed by atoms with van der Waals surface area (Å²) in [5.41, 5.74) is 0.499. The molecule has 110 valence electrons. The maximum atomic E-state index is 12.1. The predicted octanol–water partition coefficient (Wildman–Crippen LogP) is 2.23. The molecule has 1 aliphatic carbocycles. The summed E-state index contributed by atoms with van der Waals surface area (Å²) in [7, 11) is 0. The number of aromatic carboxylic acids is 1. The van der Waals surface area contributed by atoms with Crippen molar-refractivity contribution in [1.29, 1.82) is 0 Å². The van der Waals surface area contributed by atoms with Crippen LogP contribution in [-0.2, 0) is 6.54 Å². The van der Waals surface area contributed by atoms with E-state index >= 15 is 0 Å². The van der Waals surface area contributed by atoms with Gasteiger partial charge in [0.15, 0.2) is 0 Å². The number of amides is 2. The van der Waals surface area contributed by atoms with E-state index in [1.807, 2.05) is 11.8 Å². The van der Waals surface area contributed by atoms with Gasteiger partial charge in [-0.3, -0.25) is 0 Å². The van der Waals surface area contributed by atoms with Crippen molar-refractivity contribution in [3.63, 3.8) is 0 Å². The Kier molecular flexibility index (Phi) is 4.59. The lowest BCUT2D eigenvalue weighted by Gasteiger charge is -2.21. The van der Waals surface area contributed by atoms with Gasteiger partial charge in [-0.25, -0.2) is 14.6 Å². The SMILES string of the molecule is CCCN(C(=O)NCc1nc(C)c(C(=O)O)s1)C1CC1. The van der Waals surface area contributed by atoms with Crippen molar-refractivity contribution in [3.8, 4) is 0 Å². The minimum absolute atomic E-state index is 0.0842. The van der Waals surface area contributed by atoms with Gasteiger partial charge in [0.25, 0.3) is 0 Å². The first-order valence-electron chi connectivity index (χ1n) is 6.77. The first kappa shape index (κ1) is 14.8. The van der Waals surface area contributed by atoms with E-state index in [0.717, 1.165) is 37.1 Å². The second-order valence-corrected chi connectivity index (χ2v) is 5.99. The van der Waals surface area contributed by atoms with Gasteiger partial charge in [-0.1, -0.05) is 6.92 Å². The van der Waals surface area contributed by atoms with E-state index in [9.17, 15) is 9.59 Å². The number of rotatable bonds is 6. The van der Waals surface area contributed by atoms with E-state index in [2.05, 4.69) is 10.3 Å². The van der Waals surface area contributed by atoms with Crippen LogP contribution in [0, 0.1) is 6.92 Å². The van der Waals surface area contributed by atoms with E-state index in [-0.39, 0.29) is 17.5 Å². The Morgan fingerprint density at radius 1 is 1.50 bits per heavy atom. The number of aromatic nitrogens is 1. The predicted molar refractivity (Wildman–Crippen MR) is 76.1 cm³/mol. The average Bonchev–Trinajstić information content (AvgIpc) is 3.16. The number of nitrogens with zero attached hydrogens (tertiary/aromatic N) is 2. The number of thiazole rings is 1. The standard InChI is InChI=1S/C13H19N3O3S/c1-3-6-16(9-4-5-9)13(19)14-7-10-15-8(2)11(20-10)12(17)18/h9H,3-7H2,1-2H3,(H,14,19)(H,17,18). The number of urea groups is 1. The fourth-order valence-electron chi connectivity index (χ4n) is 2.06. The van der Waals surface area contributed by atoms with Crippen LogP contribution < -0.4 is 5.32 Å². The van der Waals surface area contributed by atoms with Crippen LogP contribution in [0.4, 0.5) is 4.79 Å². The highest BCUT2D eigenvalue weighted by atomic mass is 32.1. The highest BCUT2D eigenvalue weighted by Gasteiger charge is 2.31. The molecular weight excluding hydrogens is 278 g/mol. The largest absolute Gasteiger partial charge is 0.477 e. The van der Waals surface area contributed by atoms with E-state index in [1.165, 1.54) is 0 Å². The maximum Gasteiger partial charge on any atom is 0.347 e. The summed E-state index contributed by atoms with van der Waals surface area (Å²) in [4.78, 5) is 29.3. The Morgan fingerprint density at radius 3 is 2.70 bits per heavy atom. The van der Waals surface area contributed by atoms with Gasteiger partial charge in [0.05, 0.1) is 12.2 Å². The van der Waals surface area contributed by atoms with Gasteiger partial charge in [-0.15, -0.1) is 11.3 Å². The van der Waals surface area contributed by atoms with Gasteiger partial charge in [-0.2, -0.15) is 0 Å². The molecule has 0 bridgehead atoms. The summed E-state index contributed by atoms with van der Waals surface area (Å²) in [5, 5.41) is 12.4. The van der Waals surface area contributed by atoms with Crippen LogP contribution in [0.25, 0.3) is 0 Å². The van der Waals surface area contributed by atoms with Crippen molar-refractivity contribution in [2.45, 2.75) is 45.7 Å². The summed E-state index contributed by atoms with van der Waals surface area (Å²) < 4.78 is 0. The van der Waals surface area contributed by atoms with Gasteiger partial charge >= 0.3 is 12.0 Å². The van der Waals surface area contributed by atoms with Gasteiger partial charge in [0.2, 0.25) is 0 Å². The van der Waals surface area contributed by atoms with Crippen molar-refractivity contribution in [2.24, 2.45) is 0 Å². The molecule has 0 atom stereocenters. The van der Waals surface area contributed by atoms with Crippen LogP contribution in [0.3, 0.4) is 0 Å². The second-order valence-electron chi connectivity index (χ2n) is 4.91. The van der Waals surface area contributed by atoms with Gasteiger partial charge in [0, 0.05) is 12.6 Å². The lowest BCUT2D eigenvalue weighted by atomic mass is 10.4. The molecule has 0 radical (unpaired) electrons. The summed E-state index contributed by atoms with van der Waals surface area (Å²) >= 11 is 1.11. The Balaban J connectivity index is 1.92. The molecule has 20 heavy (non-hydrogen) atoms. The third kappa shape index (κ3) is 3.47. The van der Waals surface area contributed by atoms with Crippen LogP contribution in [0.5, 0.6) is 0 Å². The zero-order valence-corrected chi connectivity index (χ0v) is 12.5. The number of carbonyl (C=O) groups excluding carboxylic acids is 1. The van der Waals surface area contributed by atoms with Gasteiger partial charge in [0.1, 0.15) is 9.88 Å². The van der Waals surface area contributed by atoms with Gasteiger partial charge < -0.3 is 15.3 Å². The molecule has 1 aromatic rings. The molecule has 2 amide bonds. The molecule has 0 saturated heterocycles. The molecule has 7 heteroatoms. The quantitative estimate of drug-likeness (QED) is 0.843. The molecule has 6 nitrogen and oxygen atoms in total. The fraction of sp³-hybridized carbons (Fsp3) is 0.615. The van der Waals surface area contributed by atoms with Crippen LogP contribution in [0.15, 0.2) is 0 Å². The molecule has 0 aromatic carbocycles. The summed E-state index contributed by atoms with van der Waals surface area (Å²) in [6.07, 6.45) is 3.09. The minimum atomic E-state index is -0.969. The minimum Gasteiger partial charge on any atom is -0.477 e. The molecule has 0 aliphatic heterocycles. The Labute approximate surface area is 121 Å². The monoisotopic (exact) mass is 297 g/mol. The molecule has 2 N–H and O–H groups in total. The molecule has 1 saturated carbocycles. The molecule has 1 fully saturated rings. The molecule has 1 heterocycles. The molecule has 0 unspecified atom stereocenters. The van der Waals surface area contributed by atoms with E-state index in [1.54, 1.807) is 6.92 Å². The van der Waals surface area contributed by atoms with Crippen LogP contribution in [0.1, 0.15) is 46.6 Å². The molecule has 0 spiro atoms. The van der Waals surface area contributed by atoms with Crippen LogP contribution in [0.2, 0.25) is 0 Å². The maximum absolute atomic E-state index is 12.1. The zero-order valence-electron chi connectivity index (χ0n) is 11.7. The number of aryl methyl sites for hydroxylation is 1. The fourth-order valence-corrected chi connectivity index (χ4v) is 2.90. The molecule has 1 aliphatic rings. The normalized spacial score (nSPS) is 14.1. The molecule has 1 aromatic heterocycles. The Bertz CT molecular complexity index is 511. The Morgan fingerprint density at radius 2 is 2.20 bits per heavy atom. The van der Waals surface area contributed by atoms with Crippen molar-refractivity contribution < 1.29 is 14.7 Å². The molecule has 2 rings (SSSR count). The highest BCUT2D eigenvalue weighted by molar-refractivity contribution is 7.13. The smallest absolute Gasteiger partial charge is 0.347 e. The van der Waals surface area contributed by atoms with Crippen molar-refractivity contribution in [2.75, 3.05) is 6.54 Å². The second kappa shape index (κ2) is 6.21. The van der Waals surface area contributed by atoms with Crippen molar-refractivity contribution >= 4 is 23.3 Å².